The number of aryl methyl sites for hydroxylation is 2. The summed E-state index contributed by atoms with van der Waals surface area (Å²) in [5.41, 5.74) is 3.10. The third-order valence-electron chi connectivity index (χ3n) is 5.10. The minimum absolute atomic E-state index is 0.118. The Hall–Kier alpha value is -2.22. The van der Waals surface area contributed by atoms with Crippen LogP contribution in [0.4, 0.5) is 5.69 Å². The van der Waals surface area contributed by atoms with Crippen LogP contribution in [0, 0.1) is 6.92 Å². The van der Waals surface area contributed by atoms with Gasteiger partial charge in [0.15, 0.2) is 0 Å². The van der Waals surface area contributed by atoms with Crippen LogP contribution in [0.3, 0.4) is 0 Å². The van der Waals surface area contributed by atoms with Crippen molar-refractivity contribution in [2.75, 3.05) is 18.4 Å². The normalized spacial score (nSPS) is 20.4. The fourth-order valence-electron chi connectivity index (χ4n) is 3.66. The molecule has 0 bridgehead atoms. The number of rotatable bonds is 5. The lowest BCUT2D eigenvalue weighted by molar-refractivity contribution is -0.0440. The maximum Gasteiger partial charge on any atom is 0.255 e. The maximum absolute atomic E-state index is 13.1. The molecule has 6 nitrogen and oxygen atoms in total. The topological polar surface area (TPSA) is 75.7 Å². The molecule has 156 valence electrons. The first kappa shape index (κ1) is 21.5. The van der Waals surface area contributed by atoms with E-state index >= 15 is 0 Å². The van der Waals surface area contributed by atoms with Gasteiger partial charge in [-0.3, -0.25) is 4.79 Å². The first-order valence-corrected chi connectivity index (χ1v) is 11.3. The van der Waals surface area contributed by atoms with Crippen molar-refractivity contribution in [3.8, 4) is 0 Å². The van der Waals surface area contributed by atoms with Crippen LogP contribution in [-0.4, -0.2) is 43.9 Å². The van der Waals surface area contributed by atoms with E-state index in [0.717, 1.165) is 23.2 Å². The van der Waals surface area contributed by atoms with E-state index in [4.69, 9.17) is 4.74 Å². The van der Waals surface area contributed by atoms with E-state index in [1.54, 1.807) is 12.1 Å². The molecule has 29 heavy (non-hydrogen) atoms. The first-order chi connectivity index (χ1) is 13.7. The molecule has 1 aliphatic heterocycles. The number of ether oxygens (including phenoxy) is 1. The number of hydrogen-bond acceptors (Lipinski definition) is 4. The molecule has 0 spiro atoms. The van der Waals surface area contributed by atoms with Crippen LogP contribution in [0.15, 0.2) is 47.4 Å². The molecule has 1 fully saturated rings. The lowest BCUT2D eigenvalue weighted by Gasteiger charge is -2.34. The third kappa shape index (κ3) is 4.69. The van der Waals surface area contributed by atoms with Gasteiger partial charge in [-0.15, -0.1) is 0 Å². The first-order valence-electron chi connectivity index (χ1n) is 9.88. The van der Waals surface area contributed by atoms with Crippen molar-refractivity contribution in [2.45, 2.75) is 51.2 Å². The largest absolute Gasteiger partial charge is 0.373 e. The minimum Gasteiger partial charge on any atom is -0.373 e. The third-order valence-corrected chi connectivity index (χ3v) is 6.93. The van der Waals surface area contributed by atoms with E-state index in [0.29, 0.717) is 18.7 Å². The van der Waals surface area contributed by atoms with Gasteiger partial charge in [-0.05, 0) is 56.5 Å². The molecule has 0 aliphatic carbocycles. The lowest BCUT2D eigenvalue weighted by Crippen LogP contribution is -2.48. The number of nitrogens with one attached hydrogen (secondary N) is 1. The van der Waals surface area contributed by atoms with E-state index in [2.05, 4.69) is 5.32 Å². The average molecular weight is 417 g/mol. The Labute approximate surface area is 172 Å². The summed E-state index contributed by atoms with van der Waals surface area (Å²) in [4.78, 5) is 13.0. The van der Waals surface area contributed by atoms with Gasteiger partial charge in [0.25, 0.3) is 5.91 Å². The van der Waals surface area contributed by atoms with Gasteiger partial charge in [0.2, 0.25) is 10.0 Å². The second-order valence-electron chi connectivity index (χ2n) is 7.52. The predicted molar refractivity (Wildman–Crippen MR) is 114 cm³/mol. The van der Waals surface area contributed by atoms with Gasteiger partial charge in [-0.2, -0.15) is 4.31 Å². The van der Waals surface area contributed by atoms with Gasteiger partial charge in [0.05, 0.1) is 17.1 Å². The fourth-order valence-corrected chi connectivity index (χ4v) is 5.30. The molecule has 0 unspecified atom stereocenters. The number of morpholine rings is 1. The molecule has 0 saturated carbocycles. The minimum atomic E-state index is -3.70. The SMILES string of the molecule is CCc1cccc(C)c1NC(=O)c1cccc(S(=O)(=O)N2C[C@@H](C)O[C@@H](C)C2)c1. The van der Waals surface area contributed by atoms with Crippen LogP contribution < -0.4 is 5.32 Å². The zero-order valence-electron chi connectivity index (χ0n) is 17.3. The summed E-state index contributed by atoms with van der Waals surface area (Å²) in [5, 5.41) is 2.95. The van der Waals surface area contributed by atoms with E-state index < -0.39 is 10.0 Å². The van der Waals surface area contributed by atoms with Crippen LogP contribution >= 0.6 is 0 Å². The molecular weight excluding hydrogens is 388 g/mol. The zero-order chi connectivity index (χ0) is 21.2. The summed E-state index contributed by atoms with van der Waals surface area (Å²) in [7, 11) is -3.70. The van der Waals surface area contributed by atoms with E-state index in [9.17, 15) is 13.2 Å². The highest BCUT2D eigenvalue weighted by Gasteiger charge is 2.32. The predicted octanol–water partition coefficient (Wildman–Crippen LogP) is 3.61. The number of carbonyl (C=O) groups is 1. The Kier molecular flexibility index (Phi) is 6.41. The Morgan fingerprint density at radius 3 is 2.45 bits per heavy atom. The molecule has 3 rings (SSSR count). The summed E-state index contributed by atoms with van der Waals surface area (Å²) < 4.78 is 33.3. The summed E-state index contributed by atoms with van der Waals surface area (Å²) >= 11 is 0. The van der Waals surface area contributed by atoms with Crippen LogP contribution in [0.5, 0.6) is 0 Å². The molecule has 2 aromatic rings. The Morgan fingerprint density at radius 1 is 1.14 bits per heavy atom. The number of para-hydroxylation sites is 1. The molecule has 2 aromatic carbocycles. The van der Waals surface area contributed by atoms with Crippen LogP contribution in [0.2, 0.25) is 0 Å². The Morgan fingerprint density at radius 2 is 1.79 bits per heavy atom. The van der Waals surface area contributed by atoms with Crippen molar-refractivity contribution in [1.82, 2.24) is 4.31 Å². The van der Waals surface area contributed by atoms with Gasteiger partial charge in [-0.1, -0.05) is 31.2 Å². The molecule has 7 heteroatoms. The van der Waals surface area contributed by atoms with E-state index in [1.165, 1.54) is 16.4 Å². The average Bonchev–Trinajstić information content (AvgIpc) is 2.68. The maximum atomic E-state index is 13.1. The van der Waals surface area contributed by atoms with Crippen molar-refractivity contribution >= 4 is 21.6 Å². The molecule has 2 atom stereocenters. The van der Waals surface area contributed by atoms with Crippen LogP contribution in [0.1, 0.15) is 42.3 Å². The van der Waals surface area contributed by atoms with Gasteiger partial charge in [0.1, 0.15) is 0 Å². The highest BCUT2D eigenvalue weighted by atomic mass is 32.2. The van der Waals surface area contributed by atoms with Gasteiger partial charge in [-0.25, -0.2) is 8.42 Å². The number of nitrogens with zero attached hydrogens (tertiary/aromatic N) is 1. The molecule has 0 aromatic heterocycles. The number of carbonyl (C=O) groups excluding carboxylic acids is 1. The van der Waals surface area contributed by atoms with Gasteiger partial charge >= 0.3 is 0 Å². The van der Waals surface area contributed by atoms with Gasteiger partial charge < -0.3 is 10.1 Å². The van der Waals surface area contributed by atoms with Crippen molar-refractivity contribution in [1.29, 1.82) is 0 Å². The second kappa shape index (κ2) is 8.65. The summed E-state index contributed by atoms with van der Waals surface area (Å²) in [6.45, 7) is 8.28. The van der Waals surface area contributed by atoms with Gasteiger partial charge in [0, 0.05) is 24.3 Å². The summed E-state index contributed by atoms with van der Waals surface area (Å²) in [5.74, 6) is -0.324. The van der Waals surface area contributed by atoms with Crippen molar-refractivity contribution < 1.29 is 17.9 Å². The summed E-state index contributed by atoms with van der Waals surface area (Å²) in [6.07, 6.45) is 0.445. The molecule has 1 saturated heterocycles. The molecule has 1 amide bonds. The number of benzene rings is 2. The smallest absolute Gasteiger partial charge is 0.255 e. The fraction of sp³-hybridized carbons (Fsp3) is 0.409. The zero-order valence-corrected chi connectivity index (χ0v) is 18.1. The standard InChI is InChI=1S/C22H28N2O4S/c1-5-18-9-6-8-15(2)21(18)23-22(25)19-10-7-11-20(12-19)29(26,27)24-13-16(3)28-17(4)14-24/h6-12,16-17H,5,13-14H2,1-4H3,(H,23,25)/t16-,17+. The molecular formula is C22H28N2O4S. The van der Waals surface area contributed by atoms with Crippen LogP contribution in [0.25, 0.3) is 0 Å². The molecule has 1 aliphatic rings. The number of amides is 1. The molecule has 0 radical (unpaired) electrons. The van der Waals surface area contributed by atoms with E-state index in [1.807, 2.05) is 45.9 Å². The van der Waals surface area contributed by atoms with E-state index in [-0.39, 0.29) is 23.0 Å². The monoisotopic (exact) mass is 416 g/mol. The summed E-state index contributed by atoms with van der Waals surface area (Å²) in [6, 6.07) is 12.1. The van der Waals surface area contributed by atoms with Crippen molar-refractivity contribution in [2.24, 2.45) is 0 Å². The second-order valence-corrected chi connectivity index (χ2v) is 9.46. The number of anilines is 1. The Bertz CT molecular complexity index is 994. The number of hydrogen-bond donors (Lipinski definition) is 1. The quantitative estimate of drug-likeness (QED) is 0.808. The number of sulfonamides is 1. The highest BCUT2D eigenvalue weighted by Crippen LogP contribution is 2.24. The lowest BCUT2D eigenvalue weighted by atomic mass is 10.1. The molecule has 1 N–H and O–H groups in total. The van der Waals surface area contributed by atoms with Crippen molar-refractivity contribution in [3.05, 3.63) is 59.2 Å². The Balaban J connectivity index is 1.87. The van der Waals surface area contributed by atoms with Crippen LogP contribution in [-0.2, 0) is 21.2 Å². The highest BCUT2D eigenvalue weighted by molar-refractivity contribution is 7.89. The molecule has 1 heterocycles. The van der Waals surface area contributed by atoms with Crippen molar-refractivity contribution in [3.63, 3.8) is 0 Å².